The van der Waals surface area contributed by atoms with Crippen LogP contribution >= 0.6 is 11.6 Å². The van der Waals surface area contributed by atoms with E-state index in [1.165, 1.54) is 38.4 Å². The Kier molecular flexibility index (Phi) is 4.42. The standard InChI is InChI=1S/C15H20ClN3O2/c16-15-4-3-14(19(20)21)7-12(15)9-17-8-11-5-6-18(10-11)13-1-2-13/h3-4,7,11,13,17H,1-2,5-6,8-10H2. The first-order chi connectivity index (χ1) is 10.1. The molecule has 1 saturated carbocycles. The molecule has 1 aromatic carbocycles. The van der Waals surface area contributed by atoms with Crippen molar-refractivity contribution in [3.8, 4) is 0 Å². The third-order valence-electron chi connectivity index (χ3n) is 4.37. The summed E-state index contributed by atoms with van der Waals surface area (Å²) in [5.74, 6) is 0.683. The van der Waals surface area contributed by atoms with Crippen molar-refractivity contribution in [2.75, 3.05) is 19.6 Å². The Morgan fingerprint density at radius 3 is 2.90 bits per heavy atom. The van der Waals surface area contributed by atoms with E-state index in [0.717, 1.165) is 18.2 Å². The van der Waals surface area contributed by atoms with Crippen molar-refractivity contribution in [3.63, 3.8) is 0 Å². The van der Waals surface area contributed by atoms with E-state index in [2.05, 4.69) is 10.2 Å². The number of hydrogen-bond acceptors (Lipinski definition) is 4. The number of nitro benzene ring substituents is 1. The van der Waals surface area contributed by atoms with Crippen molar-refractivity contribution in [1.29, 1.82) is 0 Å². The molecule has 1 aliphatic carbocycles. The molecule has 6 heteroatoms. The predicted molar refractivity (Wildman–Crippen MR) is 82.5 cm³/mol. The molecule has 0 radical (unpaired) electrons. The molecule has 1 atom stereocenters. The molecule has 1 heterocycles. The normalized spacial score (nSPS) is 22.6. The Labute approximate surface area is 129 Å². The summed E-state index contributed by atoms with van der Waals surface area (Å²) in [6.07, 6.45) is 3.97. The van der Waals surface area contributed by atoms with E-state index in [1.807, 2.05) is 0 Å². The number of rotatable bonds is 6. The molecule has 0 bridgehead atoms. The number of benzene rings is 1. The van der Waals surface area contributed by atoms with Crippen LogP contribution < -0.4 is 5.32 Å². The molecule has 2 fully saturated rings. The van der Waals surface area contributed by atoms with Gasteiger partial charge in [0.15, 0.2) is 0 Å². The molecule has 114 valence electrons. The van der Waals surface area contributed by atoms with E-state index in [9.17, 15) is 10.1 Å². The van der Waals surface area contributed by atoms with E-state index < -0.39 is 0 Å². The zero-order valence-corrected chi connectivity index (χ0v) is 12.7. The molecular weight excluding hydrogens is 290 g/mol. The molecule has 0 amide bonds. The van der Waals surface area contributed by atoms with Crippen molar-refractivity contribution in [2.45, 2.75) is 31.8 Å². The van der Waals surface area contributed by atoms with Gasteiger partial charge in [-0.25, -0.2) is 0 Å². The number of nitro groups is 1. The topological polar surface area (TPSA) is 58.4 Å². The van der Waals surface area contributed by atoms with Gasteiger partial charge in [-0.05, 0) is 49.9 Å². The minimum Gasteiger partial charge on any atom is -0.312 e. The van der Waals surface area contributed by atoms with Crippen LogP contribution in [-0.2, 0) is 6.54 Å². The lowest BCUT2D eigenvalue weighted by Gasteiger charge is -2.15. The van der Waals surface area contributed by atoms with Crippen molar-refractivity contribution in [1.82, 2.24) is 10.2 Å². The second kappa shape index (κ2) is 6.30. The third kappa shape index (κ3) is 3.73. The molecule has 1 N–H and O–H groups in total. The summed E-state index contributed by atoms with van der Waals surface area (Å²) in [6, 6.07) is 5.44. The van der Waals surface area contributed by atoms with Gasteiger partial charge in [0, 0.05) is 36.3 Å². The van der Waals surface area contributed by atoms with Gasteiger partial charge in [-0.15, -0.1) is 0 Å². The molecule has 1 saturated heterocycles. The van der Waals surface area contributed by atoms with E-state index >= 15 is 0 Å². The van der Waals surface area contributed by atoms with Crippen LogP contribution in [-0.4, -0.2) is 35.5 Å². The van der Waals surface area contributed by atoms with Crippen LogP contribution in [0.1, 0.15) is 24.8 Å². The number of non-ortho nitro benzene ring substituents is 1. The summed E-state index contributed by atoms with van der Waals surface area (Å²) >= 11 is 6.10. The Bertz CT molecular complexity index is 534. The average Bonchev–Trinajstić information content (AvgIpc) is 3.20. The first kappa shape index (κ1) is 14.8. The quantitative estimate of drug-likeness (QED) is 0.648. The number of nitrogens with one attached hydrogen (secondary N) is 1. The second-order valence-electron chi connectivity index (χ2n) is 6.04. The first-order valence-corrected chi connectivity index (χ1v) is 7.89. The van der Waals surface area contributed by atoms with Crippen molar-refractivity contribution in [3.05, 3.63) is 38.9 Å². The summed E-state index contributed by atoms with van der Waals surface area (Å²) in [5.41, 5.74) is 0.889. The van der Waals surface area contributed by atoms with Gasteiger partial charge in [0.2, 0.25) is 0 Å². The molecule has 5 nitrogen and oxygen atoms in total. The molecular formula is C15H20ClN3O2. The zero-order chi connectivity index (χ0) is 14.8. The largest absolute Gasteiger partial charge is 0.312 e. The first-order valence-electron chi connectivity index (χ1n) is 7.51. The van der Waals surface area contributed by atoms with Gasteiger partial charge in [-0.3, -0.25) is 10.1 Å². The van der Waals surface area contributed by atoms with E-state index in [0.29, 0.717) is 17.5 Å². The summed E-state index contributed by atoms with van der Waals surface area (Å²) in [7, 11) is 0. The lowest BCUT2D eigenvalue weighted by atomic mass is 10.1. The fraction of sp³-hybridized carbons (Fsp3) is 0.600. The molecule has 0 spiro atoms. The lowest BCUT2D eigenvalue weighted by Crippen LogP contribution is -2.27. The smallest absolute Gasteiger partial charge is 0.269 e. The van der Waals surface area contributed by atoms with Gasteiger partial charge >= 0.3 is 0 Å². The summed E-state index contributed by atoms with van der Waals surface area (Å²) in [4.78, 5) is 13.0. The average molecular weight is 310 g/mol. The maximum atomic E-state index is 10.8. The monoisotopic (exact) mass is 309 g/mol. The van der Waals surface area contributed by atoms with Crippen LogP contribution in [0.25, 0.3) is 0 Å². The second-order valence-corrected chi connectivity index (χ2v) is 6.45. The molecule has 1 aromatic rings. The number of hydrogen-bond donors (Lipinski definition) is 1. The molecule has 1 unspecified atom stereocenters. The minimum absolute atomic E-state index is 0.0944. The molecule has 1 aliphatic heterocycles. The SMILES string of the molecule is O=[N+]([O-])c1ccc(Cl)c(CNCC2CCN(C3CC3)C2)c1. The molecule has 2 aliphatic rings. The van der Waals surface area contributed by atoms with Crippen LogP contribution in [0.3, 0.4) is 0 Å². The minimum atomic E-state index is -0.385. The van der Waals surface area contributed by atoms with Crippen LogP contribution in [0.5, 0.6) is 0 Å². The summed E-state index contributed by atoms with van der Waals surface area (Å²) < 4.78 is 0. The van der Waals surface area contributed by atoms with Gasteiger partial charge in [-0.1, -0.05) is 11.6 Å². The van der Waals surface area contributed by atoms with E-state index in [-0.39, 0.29) is 10.6 Å². The highest BCUT2D eigenvalue weighted by Crippen LogP contribution is 2.31. The van der Waals surface area contributed by atoms with Gasteiger partial charge in [0.1, 0.15) is 0 Å². The van der Waals surface area contributed by atoms with Gasteiger partial charge in [0.25, 0.3) is 5.69 Å². The number of likely N-dealkylation sites (tertiary alicyclic amines) is 1. The number of nitrogens with zero attached hydrogens (tertiary/aromatic N) is 2. The summed E-state index contributed by atoms with van der Waals surface area (Å²) in [5, 5.41) is 14.8. The Morgan fingerprint density at radius 2 is 2.19 bits per heavy atom. The predicted octanol–water partition coefficient (Wildman–Crippen LogP) is 2.82. The third-order valence-corrected chi connectivity index (χ3v) is 4.74. The highest BCUT2D eigenvalue weighted by atomic mass is 35.5. The Hall–Kier alpha value is -1.17. The van der Waals surface area contributed by atoms with Crippen molar-refractivity contribution in [2.24, 2.45) is 5.92 Å². The van der Waals surface area contributed by atoms with Crippen LogP contribution in [0.4, 0.5) is 5.69 Å². The van der Waals surface area contributed by atoms with E-state index in [1.54, 1.807) is 12.1 Å². The number of halogens is 1. The Balaban J connectivity index is 1.48. The Morgan fingerprint density at radius 1 is 1.38 bits per heavy atom. The lowest BCUT2D eigenvalue weighted by molar-refractivity contribution is -0.384. The highest BCUT2D eigenvalue weighted by molar-refractivity contribution is 6.31. The van der Waals surface area contributed by atoms with Gasteiger partial charge < -0.3 is 10.2 Å². The van der Waals surface area contributed by atoms with Crippen LogP contribution in [0, 0.1) is 16.0 Å². The zero-order valence-electron chi connectivity index (χ0n) is 11.9. The van der Waals surface area contributed by atoms with Crippen LogP contribution in [0.15, 0.2) is 18.2 Å². The van der Waals surface area contributed by atoms with E-state index in [4.69, 9.17) is 11.6 Å². The summed E-state index contributed by atoms with van der Waals surface area (Å²) in [6.45, 7) is 3.93. The van der Waals surface area contributed by atoms with Gasteiger partial charge in [-0.2, -0.15) is 0 Å². The fourth-order valence-electron chi connectivity index (χ4n) is 3.02. The molecule has 3 rings (SSSR count). The fourth-order valence-corrected chi connectivity index (χ4v) is 3.21. The maximum absolute atomic E-state index is 10.8. The maximum Gasteiger partial charge on any atom is 0.269 e. The van der Waals surface area contributed by atoms with Crippen LogP contribution in [0.2, 0.25) is 5.02 Å². The molecule has 21 heavy (non-hydrogen) atoms. The molecule has 0 aromatic heterocycles. The van der Waals surface area contributed by atoms with Crippen molar-refractivity contribution >= 4 is 17.3 Å². The highest BCUT2D eigenvalue weighted by Gasteiger charge is 2.33. The van der Waals surface area contributed by atoms with Crippen molar-refractivity contribution < 1.29 is 4.92 Å². The van der Waals surface area contributed by atoms with Gasteiger partial charge in [0.05, 0.1) is 4.92 Å².